The number of amides is 2. The predicted molar refractivity (Wildman–Crippen MR) is 132 cm³/mol. The molecule has 0 unspecified atom stereocenters. The fourth-order valence-electron chi connectivity index (χ4n) is 5.39. The lowest BCUT2D eigenvalue weighted by molar-refractivity contribution is 0.252. The van der Waals surface area contributed by atoms with Crippen LogP contribution in [0.2, 0.25) is 0 Å². The lowest BCUT2D eigenvalue weighted by Gasteiger charge is -2.43. The van der Waals surface area contributed by atoms with Crippen molar-refractivity contribution >= 4 is 17.4 Å². The van der Waals surface area contributed by atoms with Crippen molar-refractivity contribution in [2.45, 2.75) is 38.5 Å². The van der Waals surface area contributed by atoms with Gasteiger partial charge in [-0.1, -0.05) is 42.0 Å². The third-order valence-electron chi connectivity index (χ3n) is 6.96. The van der Waals surface area contributed by atoms with E-state index in [1.165, 1.54) is 27.9 Å². The second-order valence-electron chi connectivity index (χ2n) is 9.12. The third-order valence-corrected chi connectivity index (χ3v) is 6.96. The number of aryl methyl sites for hydroxylation is 1. The molecule has 3 aromatic rings. The van der Waals surface area contributed by atoms with Crippen LogP contribution in [0.3, 0.4) is 0 Å². The minimum Gasteiger partial charge on any atom is -0.371 e. The number of rotatable bonds is 4. The highest BCUT2D eigenvalue weighted by Crippen LogP contribution is 2.49. The van der Waals surface area contributed by atoms with Gasteiger partial charge in [0.1, 0.15) is 5.82 Å². The van der Waals surface area contributed by atoms with Crippen LogP contribution in [-0.2, 0) is 0 Å². The fourth-order valence-corrected chi connectivity index (χ4v) is 5.39. The Kier molecular flexibility index (Phi) is 5.79. The maximum atomic E-state index is 13.6. The van der Waals surface area contributed by atoms with Crippen molar-refractivity contribution in [3.8, 4) is 0 Å². The van der Waals surface area contributed by atoms with Crippen molar-refractivity contribution in [2.75, 3.05) is 29.9 Å². The van der Waals surface area contributed by atoms with Crippen LogP contribution < -0.4 is 15.5 Å². The summed E-state index contributed by atoms with van der Waals surface area (Å²) in [5, 5.41) is 5.87. The van der Waals surface area contributed by atoms with Gasteiger partial charge in [0.2, 0.25) is 0 Å². The van der Waals surface area contributed by atoms with Crippen LogP contribution in [0.4, 0.5) is 20.6 Å². The Morgan fingerprint density at radius 2 is 1.48 bits per heavy atom. The van der Waals surface area contributed by atoms with E-state index in [2.05, 4.69) is 58.9 Å². The van der Waals surface area contributed by atoms with Crippen LogP contribution in [0.5, 0.6) is 0 Å². The lowest BCUT2D eigenvalue weighted by Crippen LogP contribution is -2.38. The normalized spacial score (nSPS) is 19.1. The first kappa shape index (κ1) is 21.5. The smallest absolute Gasteiger partial charge is 0.319 e. The van der Waals surface area contributed by atoms with E-state index < -0.39 is 0 Å². The van der Waals surface area contributed by atoms with Crippen molar-refractivity contribution in [1.82, 2.24) is 5.32 Å². The summed E-state index contributed by atoms with van der Waals surface area (Å²) in [6, 6.07) is 19.7. The molecule has 5 rings (SSSR count). The molecule has 170 valence electrons. The molecule has 2 aliphatic heterocycles. The molecular formula is C28H30FN3O. The number of carbonyl (C=O) groups is 1. The van der Waals surface area contributed by atoms with Crippen LogP contribution in [0.1, 0.15) is 59.4 Å². The summed E-state index contributed by atoms with van der Waals surface area (Å²) in [6.45, 7) is 6.58. The molecule has 2 atom stereocenters. The Bertz CT molecular complexity index is 1080. The van der Waals surface area contributed by atoms with Crippen molar-refractivity contribution in [2.24, 2.45) is 0 Å². The Morgan fingerprint density at radius 3 is 2.03 bits per heavy atom. The van der Waals surface area contributed by atoms with Crippen molar-refractivity contribution in [3.63, 3.8) is 0 Å². The van der Waals surface area contributed by atoms with Crippen molar-refractivity contribution < 1.29 is 9.18 Å². The second kappa shape index (κ2) is 8.89. The third kappa shape index (κ3) is 4.20. The van der Waals surface area contributed by atoms with E-state index in [4.69, 9.17) is 0 Å². The molecule has 2 aliphatic rings. The molecule has 0 saturated carbocycles. The van der Waals surface area contributed by atoms with E-state index >= 15 is 0 Å². The highest BCUT2D eigenvalue weighted by Gasteiger charge is 2.35. The Labute approximate surface area is 194 Å². The number of nitrogens with zero attached hydrogens (tertiary/aromatic N) is 1. The molecule has 0 saturated heterocycles. The van der Waals surface area contributed by atoms with Crippen LogP contribution in [-0.4, -0.2) is 25.7 Å². The molecular weight excluding hydrogens is 413 g/mol. The SMILES string of the molecule is CCNC(=O)Nc1cc2c3c(c1)[C@H](c1ccc(F)cc1)CCN3CC[C@H]2c1ccc(C)cc1. The lowest BCUT2D eigenvalue weighted by atomic mass is 9.76. The Hall–Kier alpha value is -3.34. The van der Waals surface area contributed by atoms with E-state index in [9.17, 15) is 9.18 Å². The molecule has 3 aromatic carbocycles. The average Bonchev–Trinajstić information content (AvgIpc) is 2.81. The van der Waals surface area contributed by atoms with Gasteiger partial charge in [-0.3, -0.25) is 0 Å². The monoisotopic (exact) mass is 443 g/mol. The molecule has 0 fully saturated rings. The first-order valence-electron chi connectivity index (χ1n) is 11.8. The van der Waals surface area contributed by atoms with Crippen LogP contribution in [0.15, 0.2) is 60.7 Å². The summed E-state index contributed by atoms with van der Waals surface area (Å²) in [5.74, 6) is 0.228. The molecule has 0 aliphatic carbocycles. The highest BCUT2D eigenvalue weighted by molar-refractivity contribution is 5.90. The standard InChI is InChI=1S/C28H30FN3O/c1-3-30-28(33)31-22-16-25-23(19-6-4-18(2)5-7-19)12-14-32-15-13-24(26(17-22)27(25)32)20-8-10-21(29)11-9-20/h4-11,16-17,23-24H,3,12-15H2,1-2H3,(H2,30,31,33)/t23-,24-/m0/s1. The van der Waals surface area contributed by atoms with Crippen molar-refractivity contribution in [1.29, 1.82) is 0 Å². The fraction of sp³-hybridized carbons (Fsp3) is 0.321. The molecule has 0 radical (unpaired) electrons. The zero-order valence-electron chi connectivity index (χ0n) is 19.2. The van der Waals surface area contributed by atoms with Gasteiger partial charge < -0.3 is 15.5 Å². The van der Waals surface area contributed by atoms with E-state index in [1.807, 2.05) is 19.1 Å². The zero-order valence-corrected chi connectivity index (χ0v) is 19.2. The van der Waals surface area contributed by atoms with Gasteiger partial charge in [0.25, 0.3) is 0 Å². The molecule has 2 N–H and O–H groups in total. The zero-order chi connectivity index (χ0) is 22.9. The first-order valence-corrected chi connectivity index (χ1v) is 11.8. The van der Waals surface area contributed by atoms with Gasteiger partial charge in [-0.15, -0.1) is 0 Å². The number of urea groups is 1. The van der Waals surface area contributed by atoms with E-state index in [0.717, 1.165) is 37.2 Å². The topological polar surface area (TPSA) is 44.4 Å². The number of halogens is 1. The molecule has 5 heteroatoms. The van der Waals surface area contributed by atoms with Gasteiger partial charge in [0.15, 0.2) is 0 Å². The maximum absolute atomic E-state index is 13.6. The number of hydrogen-bond donors (Lipinski definition) is 2. The summed E-state index contributed by atoms with van der Waals surface area (Å²) in [5.41, 5.74) is 8.25. The number of hydrogen-bond acceptors (Lipinski definition) is 2. The van der Waals surface area contributed by atoms with Gasteiger partial charge in [-0.2, -0.15) is 0 Å². The summed E-state index contributed by atoms with van der Waals surface area (Å²) in [7, 11) is 0. The molecule has 0 spiro atoms. The minimum atomic E-state index is -0.218. The van der Waals surface area contributed by atoms with E-state index in [-0.39, 0.29) is 23.7 Å². The number of anilines is 2. The van der Waals surface area contributed by atoms with Crippen molar-refractivity contribution in [3.05, 3.63) is 94.3 Å². The first-order chi connectivity index (χ1) is 16.0. The molecule has 0 bridgehead atoms. The number of carbonyl (C=O) groups excluding carboxylic acids is 1. The number of benzene rings is 3. The number of nitrogens with one attached hydrogen (secondary N) is 2. The van der Waals surface area contributed by atoms with Gasteiger partial charge in [0.05, 0.1) is 0 Å². The van der Waals surface area contributed by atoms with E-state index in [0.29, 0.717) is 6.54 Å². The molecule has 4 nitrogen and oxygen atoms in total. The van der Waals surface area contributed by atoms with Gasteiger partial charge in [-0.05, 0) is 73.2 Å². The summed E-state index contributed by atoms with van der Waals surface area (Å²) < 4.78 is 13.6. The maximum Gasteiger partial charge on any atom is 0.319 e. The summed E-state index contributed by atoms with van der Waals surface area (Å²) >= 11 is 0. The Morgan fingerprint density at radius 1 is 0.939 bits per heavy atom. The quantitative estimate of drug-likeness (QED) is 0.508. The summed E-state index contributed by atoms with van der Waals surface area (Å²) in [4.78, 5) is 14.9. The van der Waals surface area contributed by atoms with Crippen LogP contribution in [0, 0.1) is 12.7 Å². The van der Waals surface area contributed by atoms with Crippen LogP contribution in [0.25, 0.3) is 0 Å². The molecule has 2 amide bonds. The second-order valence-corrected chi connectivity index (χ2v) is 9.12. The largest absolute Gasteiger partial charge is 0.371 e. The van der Waals surface area contributed by atoms with Gasteiger partial charge in [0, 0.05) is 42.8 Å². The predicted octanol–water partition coefficient (Wildman–Crippen LogP) is 6.15. The minimum absolute atomic E-state index is 0.170. The van der Waals surface area contributed by atoms with Gasteiger partial charge in [-0.25, -0.2) is 9.18 Å². The van der Waals surface area contributed by atoms with E-state index in [1.54, 1.807) is 12.1 Å². The molecule has 33 heavy (non-hydrogen) atoms. The highest BCUT2D eigenvalue weighted by atomic mass is 19.1. The molecule has 0 aromatic heterocycles. The molecule has 2 heterocycles. The van der Waals surface area contributed by atoms with Crippen LogP contribution >= 0.6 is 0 Å². The Balaban J connectivity index is 1.64. The average molecular weight is 444 g/mol. The van der Waals surface area contributed by atoms with Gasteiger partial charge >= 0.3 is 6.03 Å². The summed E-state index contributed by atoms with van der Waals surface area (Å²) in [6.07, 6.45) is 2.01.